The maximum absolute atomic E-state index is 12.7. The van der Waals surface area contributed by atoms with Crippen LogP contribution in [0.3, 0.4) is 0 Å². The Labute approximate surface area is 184 Å². The third-order valence-electron chi connectivity index (χ3n) is 6.31. The lowest BCUT2D eigenvalue weighted by atomic mass is 10.0. The van der Waals surface area contributed by atoms with Crippen LogP contribution in [-0.4, -0.2) is 54.7 Å². The normalized spacial score (nSPS) is 18.2. The van der Waals surface area contributed by atoms with Crippen LogP contribution >= 0.6 is 0 Å². The summed E-state index contributed by atoms with van der Waals surface area (Å²) in [5.41, 5.74) is 3.40. The zero-order valence-electron chi connectivity index (χ0n) is 18.8. The number of fused-ring (bicyclic) bond motifs is 1. The Hall–Kier alpha value is -2.67. The minimum absolute atomic E-state index is 0.0524. The first kappa shape index (κ1) is 21.6. The predicted octanol–water partition coefficient (Wildman–Crippen LogP) is 3.45. The van der Waals surface area contributed by atoms with Crippen LogP contribution in [-0.2, 0) is 22.5 Å². The molecule has 1 fully saturated rings. The van der Waals surface area contributed by atoms with Gasteiger partial charge in [0.1, 0.15) is 11.6 Å². The minimum atomic E-state index is -0.0524. The van der Waals surface area contributed by atoms with Gasteiger partial charge in [-0.1, -0.05) is 18.2 Å². The fourth-order valence-electron chi connectivity index (χ4n) is 4.72. The van der Waals surface area contributed by atoms with Crippen molar-refractivity contribution in [3.05, 3.63) is 46.9 Å². The number of carbonyl (C=O) groups is 1. The second-order valence-corrected chi connectivity index (χ2v) is 8.29. The van der Waals surface area contributed by atoms with Crippen LogP contribution in [0.4, 0.5) is 5.82 Å². The average Bonchev–Trinajstić information content (AvgIpc) is 3.28. The van der Waals surface area contributed by atoms with Crippen molar-refractivity contribution in [1.82, 2.24) is 14.9 Å². The smallest absolute Gasteiger partial charge is 0.225 e. The standard InChI is InChI=1S/C24H32N4O3/c1-17-19-9-6-13-27(16-18-8-4-5-11-21(18)31-3)24(19)26-23(25-17)20-10-7-14-28(20)22(29)12-15-30-2/h4-5,8,11,20H,6-7,9-10,12-16H2,1-3H3/t20-/m0/s1. The molecule has 1 amide bonds. The summed E-state index contributed by atoms with van der Waals surface area (Å²) < 4.78 is 10.7. The molecule has 4 rings (SSSR count). The van der Waals surface area contributed by atoms with E-state index in [1.807, 2.05) is 23.1 Å². The summed E-state index contributed by atoms with van der Waals surface area (Å²) in [6.45, 7) is 4.97. The fraction of sp³-hybridized carbons (Fsp3) is 0.542. The molecule has 1 saturated heterocycles. The SMILES string of the molecule is COCCC(=O)N1CCC[C@H]1c1nc(C)c2c(n1)N(Cc1ccccc1OC)CCC2. The Morgan fingerprint density at radius 1 is 1.16 bits per heavy atom. The van der Waals surface area contributed by atoms with Gasteiger partial charge in [0, 0.05) is 43.6 Å². The van der Waals surface area contributed by atoms with Gasteiger partial charge < -0.3 is 19.3 Å². The molecule has 0 spiro atoms. The van der Waals surface area contributed by atoms with Crippen molar-refractivity contribution in [2.45, 2.75) is 51.6 Å². The molecule has 166 valence electrons. The highest BCUT2D eigenvalue weighted by Crippen LogP contribution is 2.35. The summed E-state index contributed by atoms with van der Waals surface area (Å²) in [7, 11) is 3.34. The second kappa shape index (κ2) is 9.64. The quantitative estimate of drug-likeness (QED) is 0.678. The van der Waals surface area contributed by atoms with Gasteiger partial charge in [-0.15, -0.1) is 0 Å². The molecule has 2 aromatic rings. The second-order valence-electron chi connectivity index (χ2n) is 8.29. The molecule has 2 aliphatic rings. The Bertz CT molecular complexity index is 933. The van der Waals surface area contributed by atoms with Crippen molar-refractivity contribution in [1.29, 1.82) is 0 Å². The largest absolute Gasteiger partial charge is 0.496 e. The van der Waals surface area contributed by atoms with Gasteiger partial charge in [0.05, 0.1) is 26.2 Å². The van der Waals surface area contributed by atoms with E-state index >= 15 is 0 Å². The van der Waals surface area contributed by atoms with Crippen molar-refractivity contribution in [3.63, 3.8) is 0 Å². The minimum Gasteiger partial charge on any atom is -0.496 e. The molecule has 0 bridgehead atoms. The highest BCUT2D eigenvalue weighted by atomic mass is 16.5. The number of rotatable bonds is 7. The number of methoxy groups -OCH3 is 2. The first-order chi connectivity index (χ1) is 15.1. The molecular formula is C24H32N4O3. The molecule has 31 heavy (non-hydrogen) atoms. The Morgan fingerprint density at radius 2 is 2.00 bits per heavy atom. The summed E-state index contributed by atoms with van der Waals surface area (Å²) in [4.78, 5) is 26.9. The van der Waals surface area contributed by atoms with E-state index in [1.165, 1.54) is 5.56 Å². The monoisotopic (exact) mass is 424 g/mol. The maximum atomic E-state index is 12.7. The third kappa shape index (κ3) is 4.51. The van der Waals surface area contributed by atoms with E-state index in [1.54, 1.807) is 14.2 Å². The molecule has 0 N–H and O–H groups in total. The number of benzene rings is 1. The molecule has 0 saturated carbocycles. The van der Waals surface area contributed by atoms with Crippen molar-refractivity contribution in [2.75, 3.05) is 38.8 Å². The number of carbonyl (C=O) groups excluding carboxylic acids is 1. The predicted molar refractivity (Wildman–Crippen MR) is 119 cm³/mol. The molecule has 7 nitrogen and oxygen atoms in total. The van der Waals surface area contributed by atoms with Crippen LogP contribution in [0.25, 0.3) is 0 Å². The molecule has 1 atom stereocenters. The van der Waals surface area contributed by atoms with E-state index in [0.29, 0.717) is 13.0 Å². The number of likely N-dealkylation sites (tertiary alicyclic amines) is 1. The van der Waals surface area contributed by atoms with Gasteiger partial charge in [0.15, 0.2) is 5.82 Å². The zero-order valence-corrected chi connectivity index (χ0v) is 18.8. The van der Waals surface area contributed by atoms with E-state index < -0.39 is 0 Å². The fourth-order valence-corrected chi connectivity index (χ4v) is 4.72. The molecule has 2 aliphatic heterocycles. The van der Waals surface area contributed by atoms with Gasteiger partial charge in [-0.3, -0.25) is 4.79 Å². The summed E-state index contributed by atoms with van der Waals surface area (Å²) >= 11 is 0. The third-order valence-corrected chi connectivity index (χ3v) is 6.31. The number of para-hydroxylation sites is 1. The Balaban J connectivity index is 1.63. The number of ether oxygens (including phenoxy) is 2. The summed E-state index contributed by atoms with van der Waals surface area (Å²) in [6, 6.07) is 8.09. The van der Waals surface area contributed by atoms with E-state index in [4.69, 9.17) is 19.4 Å². The molecule has 3 heterocycles. The first-order valence-corrected chi connectivity index (χ1v) is 11.1. The van der Waals surface area contributed by atoms with Crippen molar-refractivity contribution in [3.8, 4) is 5.75 Å². The van der Waals surface area contributed by atoms with Crippen molar-refractivity contribution < 1.29 is 14.3 Å². The van der Waals surface area contributed by atoms with Crippen LogP contribution in [0.5, 0.6) is 5.75 Å². The Kier molecular flexibility index (Phi) is 6.70. The lowest BCUT2D eigenvalue weighted by Crippen LogP contribution is -2.34. The van der Waals surface area contributed by atoms with E-state index in [-0.39, 0.29) is 11.9 Å². The summed E-state index contributed by atoms with van der Waals surface area (Å²) in [5, 5.41) is 0. The molecule has 0 radical (unpaired) electrons. The highest BCUT2D eigenvalue weighted by molar-refractivity contribution is 5.77. The van der Waals surface area contributed by atoms with Gasteiger partial charge in [-0.2, -0.15) is 0 Å². The van der Waals surface area contributed by atoms with E-state index in [0.717, 1.165) is 74.0 Å². The number of aromatic nitrogens is 2. The number of hydrogen-bond acceptors (Lipinski definition) is 6. The topological polar surface area (TPSA) is 67.8 Å². The maximum Gasteiger partial charge on any atom is 0.225 e. The van der Waals surface area contributed by atoms with Gasteiger partial charge in [-0.05, 0) is 38.7 Å². The van der Waals surface area contributed by atoms with Crippen LogP contribution in [0.2, 0.25) is 0 Å². The van der Waals surface area contributed by atoms with Crippen LogP contribution in [0.1, 0.15) is 54.4 Å². The van der Waals surface area contributed by atoms with Gasteiger partial charge in [0.25, 0.3) is 0 Å². The van der Waals surface area contributed by atoms with Gasteiger partial charge >= 0.3 is 0 Å². The molecule has 1 aromatic carbocycles. The lowest BCUT2D eigenvalue weighted by Gasteiger charge is -2.33. The van der Waals surface area contributed by atoms with E-state index in [2.05, 4.69) is 17.9 Å². The zero-order chi connectivity index (χ0) is 21.8. The molecule has 1 aromatic heterocycles. The van der Waals surface area contributed by atoms with Gasteiger partial charge in [-0.25, -0.2) is 9.97 Å². The molecule has 0 unspecified atom stereocenters. The van der Waals surface area contributed by atoms with Crippen molar-refractivity contribution in [2.24, 2.45) is 0 Å². The molecular weight excluding hydrogens is 392 g/mol. The number of nitrogens with zero attached hydrogens (tertiary/aromatic N) is 4. The molecule has 0 aliphatic carbocycles. The van der Waals surface area contributed by atoms with Crippen LogP contribution in [0, 0.1) is 6.92 Å². The lowest BCUT2D eigenvalue weighted by molar-refractivity contribution is -0.133. The van der Waals surface area contributed by atoms with Crippen molar-refractivity contribution >= 4 is 11.7 Å². The average molecular weight is 425 g/mol. The highest BCUT2D eigenvalue weighted by Gasteiger charge is 2.33. The Morgan fingerprint density at radius 3 is 2.81 bits per heavy atom. The van der Waals surface area contributed by atoms with Gasteiger partial charge in [0.2, 0.25) is 5.91 Å². The van der Waals surface area contributed by atoms with E-state index in [9.17, 15) is 4.79 Å². The summed E-state index contributed by atoms with van der Waals surface area (Å²) in [6.07, 6.45) is 4.36. The summed E-state index contributed by atoms with van der Waals surface area (Å²) in [5.74, 6) is 2.79. The number of anilines is 1. The number of amides is 1. The molecule has 7 heteroatoms. The van der Waals surface area contributed by atoms with Crippen LogP contribution < -0.4 is 9.64 Å². The number of aryl methyl sites for hydroxylation is 1. The van der Waals surface area contributed by atoms with Crippen LogP contribution in [0.15, 0.2) is 24.3 Å². The number of hydrogen-bond donors (Lipinski definition) is 0. The first-order valence-electron chi connectivity index (χ1n) is 11.1.